The number of hydrogen-bond acceptors (Lipinski definition) is 5. The van der Waals surface area contributed by atoms with E-state index in [0.717, 1.165) is 22.3 Å². The van der Waals surface area contributed by atoms with E-state index in [1.54, 1.807) is 7.11 Å². The van der Waals surface area contributed by atoms with Crippen molar-refractivity contribution in [2.45, 2.75) is 51.1 Å². The lowest BCUT2D eigenvalue weighted by atomic mass is 9.98. The first kappa shape index (κ1) is 26.2. The molecule has 1 aliphatic carbocycles. The first-order valence-electron chi connectivity index (χ1n) is 12.0. The maximum Gasteiger partial charge on any atom is 0.407 e. The molecule has 0 radical (unpaired) electrons. The molecule has 1 aliphatic rings. The second-order valence-electron chi connectivity index (χ2n) is 9.19. The number of hydrogen-bond donors (Lipinski definition) is 3. The van der Waals surface area contributed by atoms with Crippen LogP contribution in [0.25, 0.3) is 11.1 Å². The summed E-state index contributed by atoms with van der Waals surface area (Å²) in [6, 6.07) is 14.1. The van der Waals surface area contributed by atoms with Crippen LogP contribution in [0.4, 0.5) is 4.79 Å². The highest BCUT2D eigenvalue weighted by Crippen LogP contribution is 2.44. The molecule has 0 spiro atoms. The molecule has 0 aromatic heterocycles. The predicted molar refractivity (Wildman–Crippen MR) is 132 cm³/mol. The number of methoxy groups -OCH3 is 1. The van der Waals surface area contributed by atoms with Crippen molar-refractivity contribution >= 4 is 18.0 Å². The van der Waals surface area contributed by atoms with Crippen LogP contribution in [0.15, 0.2) is 48.5 Å². The normalized spacial score (nSPS) is 14.1. The Morgan fingerprint density at radius 1 is 0.943 bits per heavy atom. The van der Waals surface area contributed by atoms with Crippen molar-refractivity contribution in [1.29, 1.82) is 0 Å². The standard InChI is InChI=1S/C27H34N2O6/c1-17(2)15-24(26(31)32)28-25(30)23(13-8-14-34-3)29-27(33)35-16-22-20-11-6-4-9-18(20)19-10-5-7-12-21(19)22/h4-7,9-12,17,22-24H,8,13-16H2,1-3H3,(H,28,30)(H,29,33)(H,31,32)/t23?,24-/m1/s1. The van der Waals surface area contributed by atoms with Gasteiger partial charge in [-0.1, -0.05) is 62.4 Å². The van der Waals surface area contributed by atoms with Crippen molar-refractivity contribution in [2.24, 2.45) is 5.92 Å². The topological polar surface area (TPSA) is 114 Å². The van der Waals surface area contributed by atoms with Crippen LogP contribution in [0.2, 0.25) is 0 Å². The third-order valence-electron chi connectivity index (χ3n) is 6.12. The lowest BCUT2D eigenvalue weighted by molar-refractivity contribution is -0.142. The van der Waals surface area contributed by atoms with Gasteiger partial charge in [-0.3, -0.25) is 4.79 Å². The van der Waals surface area contributed by atoms with Crippen LogP contribution in [-0.2, 0) is 19.1 Å². The van der Waals surface area contributed by atoms with Gasteiger partial charge < -0.3 is 25.2 Å². The van der Waals surface area contributed by atoms with Gasteiger partial charge in [0.25, 0.3) is 0 Å². The van der Waals surface area contributed by atoms with Gasteiger partial charge in [-0.25, -0.2) is 9.59 Å². The Balaban J connectivity index is 1.65. The average molecular weight is 483 g/mol. The fourth-order valence-electron chi connectivity index (χ4n) is 4.45. The van der Waals surface area contributed by atoms with E-state index in [2.05, 4.69) is 22.8 Å². The van der Waals surface area contributed by atoms with Crippen LogP contribution in [-0.4, -0.2) is 55.5 Å². The summed E-state index contributed by atoms with van der Waals surface area (Å²) in [5, 5.41) is 14.6. The molecule has 0 saturated carbocycles. The van der Waals surface area contributed by atoms with E-state index in [9.17, 15) is 19.5 Å². The van der Waals surface area contributed by atoms with Crippen LogP contribution in [0.1, 0.15) is 50.2 Å². The number of carbonyl (C=O) groups excluding carboxylic acids is 2. The highest BCUT2D eigenvalue weighted by molar-refractivity contribution is 5.89. The number of amides is 2. The molecule has 0 fully saturated rings. The Hall–Kier alpha value is -3.39. The fraction of sp³-hybridized carbons (Fsp3) is 0.444. The Morgan fingerprint density at radius 3 is 2.09 bits per heavy atom. The van der Waals surface area contributed by atoms with Gasteiger partial charge in [0.2, 0.25) is 5.91 Å². The molecule has 2 aromatic rings. The van der Waals surface area contributed by atoms with E-state index in [1.807, 2.05) is 50.2 Å². The predicted octanol–water partition coefficient (Wildman–Crippen LogP) is 3.94. The molecular formula is C27H34N2O6. The van der Waals surface area contributed by atoms with Gasteiger partial charge in [0, 0.05) is 19.6 Å². The van der Waals surface area contributed by atoms with E-state index < -0.39 is 30.1 Å². The maximum atomic E-state index is 12.9. The summed E-state index contributed by atoms with van der Waals surface area (Å²) in [4.78, 5) is 37.2. The van der Waals surface area contributed by atoms with Crippen molar-refractivity contribution in [2.75, 3.05) is 20.3 Å². The Kier molecular flexibility index (Phi) is 9.25. The van der Waals surface area contributed by atoms with Crippen molar-refractivity contribution in [1.82, 2.24) is 10.6 Å². The van der Waals surface area contributed by atoms with E-state index in [4.69, 9.17) is 9.47 Å². The Labute approximate surface area is 206 Å². The first-order chi connectivity index (χ1) is 16.8. The molecular weight excluding hydrogens is 448 g/mol. The third kappa shape index (κ3) is 6.82. The molecule has 0 bridgehead atoms. The lowest BCUT2D eigenvalue weighted by Gasteiger charge is -2.22. The second-order valence-corrected chi connectivity index (χ2v) is 9.19. The second kappa shape index (κ2) is 12.4. The zero-order valence-electron chi connectivity index (χ0n) is 20.5. The highest BCUT2D eigenvalue weighted by Gasteiger charge is 2.30. The van der Waals surface area contributed by atoms with Crippen molar-refractivity contribution in [3.8, 4) is 11.1 Å². The molecule has 0 saturated heterocycles. The van der Waals surface area contributed by atoms with Crippen molar-refractivity contribution in [3.63, 3.8) is 0 Å². The van der Waals surface area contributed by atoms with Gasteiger partial charge >= 0.3 is 12.1 Å². The van der Waals surface area contributed by atoms with Crippen LogP contribution < -0.4 is 10.6 Å². The van der Waals surface area contributed by atoms with Gasteiger partial charge in [0.05, 0.1) is 0 Å². The van der Waals surface area contributed by atoms with Crippen LogP contribution in [0.3, 0.4) is 0 Å². The van der Waals surface area contributed by atoms with Crippen LogP contribution in [0.5, 0.6) is 0 Å². The van der Waals surface area contributed by atoms with Gasteiger partial charge in [0.1, 0.15) is 18.7 Å². The van der Waals surface area contributed by atoms with Gasteiger partial charge in [-0.15, -0.1) is 0 Å². The summed E-state index contributed by atoms with van der Waals surface area (Å²) >= 11 is 0. The van der Waals surface area contributed by atoms with E-state index in [-0.39, 0.29) is 31.3 Å². The Bertz CT molecular complexity index is 992. The van der Waals surface area contributed by atoms with Gasteiger partial charge in [0.15, 0.2) is 0 Å². The number of carbonyl (C=O) groups is 3. The third-order valence-corrected chi connectivity index (χ3v) is 6.12. The minimum absolute atomic E-state index is 0.0819. The molecule has 188 valence electrons. The molecule has 8 heteroatoms. The lowest BCUT2D eigenvalue weighted by Crippen LogP contribution is -2.52. The zero-order chi connectivity index (χ0) is 25.4. The molecule has 8 nitrogen and oxygen atoms in total. The SMILES string of the molecule is COCCCC(NC(=O)OCC1c2ccccc2-c2ccccc21)C(=O)N[C@H](CC(C)C)C(=O)O. The highest BCUT2D eigenvalue weighted by atomic mass is 16.5. The molecule has 1 unspecified atom stereocenters. The molecule has 0 heterocycles. The summed E-state index contributed by atoms with van der Waals surface area (Å²) < 4.78 is 10.6. The number of fused-ring (bicyclic) bond motifs is 3. The number of rotatable bonds is 12. The fourth-order valence-corrected chi connectivity index (χ4v) is 4.45. The van der Waals surface area contributed by atoms with Crippen molar-refractivity contribution < 1.29 is 29.0 Å². The van der Waals surface area contributed by atoms with Crippen LogP contribution >= 0.6 is 0 Å². The smallest absolute Gasteiger partial charge is 0.407 e. The number of nitrogens with one attached hydrogen (secondary N) is 2. The molecule has 2 aromatic carbocycles. The van der Waals surface area contributed by atoms with Gasteiger partial charge in [-0.05, 0) is 47.4 Å². The first-order valence-corrected chi connectivity index (χ1v) is 12.0. The monoisotopic (exact) mass is 482 g/mol. The minimum Gasteiger partial charge on any atom is -0.480 e. The minimum atomic E-state index is -1.11. The summed E-state index contributed by atoms with van der Waals surface area (Å²) in [6.07, 6.45) is 0.370. The van der Waals surface area contributed by atoms with E-state index in [1.165, 1.54) is 0 Å². The summed E-state index contributed by atoms with van der Waals surface area (Å²) in [7, 11) is 1.55. The number of carboxylic acids is 1. The maximum absolute atomic E-state index is 12.9. The van der Waals surface area contributed by atoms with Crippen molar-refractivity contribution in [3.05, 3.63) is 59.7 Å². The van der Waals surface area contributed by atoms with E-state index >= 15 is 0 Å². The number of alkyl carbamates (subject to hydrolysis) is 1. The van der Waals surface area contributed by atoms with Gasteiger partial charge in [-0.2, -0.15) is 0 Å². The summed E-state index contributed by atoms with van der Waals surface area (Å²) in [5.74, 6) is -1.68. The quantitative estimate of drug-likeness (QED) is 0.395. The molecule has 2 atom stereocenters. The molecule has 2 amide bonds. The number of carboxylic acid groups (broad SMARTS) is 1. The van der Waals surface area contributed by atoms with E-state index in [0.29, 0.717) is 13.0 Å². The Morgan fingerprint density at radius 2 is 1.54 bits per heavy atom. The molecule has 3 N–H and O–H groups in total. The molecule has 3 rings (SSSR count). The number of aliphatic carboxylic acids is 1. The number of ether oxygens (including phenoxy) is 2. The largest absolute Gasteiger partial charge is 0.480 e. The molecule has 0 aliphatic heterocycles. The summed E-state index contributed by atoms with van der Waals surface area (Å²) in [5.41, 5.74) is 4.43. The zero-order valence-corrected chi connectivity index (χ0v) is 20.5. The summed E-state index contributed by atoms with van der Waals surface area (Å²) in [6.45, 7) is 4.29. The molecule has 35 heavy (non-hydrogen) atoms. The average Bonchev–Trinajstić information content (AvgIpc) is 3.15. The number of benzene rings is 2. The van der Waals surface area contributed by atoms with Crippen LogP contribution in [0, 0.1) is 5.92 Å².